The summed E-state index contributed by atoms with van der Waals surface area (Å²) in [4.78, 5) is 4.31. The van der Waals surface area contributed by atoms with Crippen LogP contribution in [0.1, 0.15) is 32.4 Å². The summed E-state index contributed by atoms with van der Waals surface area (Å²) in [5.74, 6) is 1.30. The molecule has 0 aliphatic rings. The number of methoxy groups -OCH3 is 2. The minimum Gasteiger partial charge on any atom is -0.493 e. The Bertz CT molecular complexity index is 384. The highest BCUT2D eigenvalue weighted by Gasteiger charge is 2.25. The second kappa shape index (κ2) is 7.31. The number of aliphatic hydroxyl groups is 1. The fourth-order valence-electron chi connectivity index (χ4n) is 2.03. The Morgan fingerprint density at radius 2 is 1.95 bits per heavy atom. The Hall–Kier alpha value is -1.33. The van der Waals surface area contributed by atoms with Crippen LogP contribution in [0.4, 0.5) is 0 Å². The second-order valence-corrected chi connectivity index (χ2v) is 4.49. The third-order valence-electron chi connectivity index (χ3n) is 3.65. The molecule has 0 aliphatic heterocycles. The Morgan fingerprint density at radius 3 is 2.42 bits per heavy atom. The van der Waals surface area contributed by atoms with Crippen molar-refractivity contribution in [2.45, 2.75) is 38.8 Å². The predicted molar refractivity (Wildman–Crippen MR) is 74.6 cm³/mol. The minimum absolute atomic E-state index is 0.103. The smallest absolute Gasteiger partial charge is 0.183 e. The molecule has 1 aromatic rings. The molecule has 0 bridgehead atoms. The van der Waals surface area contributed by atoms with Crippen molar-refractivity contribution < 1.29 is 14.6 Å². The third-order valence-corrected chi connectivity index (χ3v) is 3.65. The van der Waals surface area contributed by atoms with E-state index in [4.69, 9.17) is 9.47 Å². The number of rotatable bonds is 8. The molecule has 5 heteroatoms. The van der Waals surface area contributed by atoms with Gasteiger partial charge in [0.1, 0.15) is 0 Å². The molecule has 1 heterocycles. The molecule has 0 amide bonds. The molecule has 5 nitrogen and oxygen atoms in total. The lowest BCUT2D eigenvalue weighted by Gasteiger charge is -2.31. The van der Waals surface area contributed by atoms with Crippen molar-refractivity contribution in [2.75, 3.05) is 20.8 Å². The average molecular weight is 268 g/mol. The van der Waals surface area contributed by atoms with Crippen molar-refractivity contribution in [3.8, 4) is 11.5 Å². The maximum Gasteiger partial charge on any atom is 0.183 e. The highest BCUT2D eigenvalue weighted by molar-refractivity contribution is 5.42. The van der Waals surface area contributed by atoms with Gasteiger partial charge in [-0.05, 0) is 12.8 Å². The van der Waals surface area contributed by atoms with Crippen LogP contribution in [-0.2, 0) is 6.54 Å². The van der Waals surface area contributed by atoms with Crippen LogP contribution in [0.25, 0.3) is 0 Å². The number of nitrogens with zero attached hydrogens (tertiary/aromatic N) is 1. The number of nitrogens with one attached hydrogen (secondary N) is 1. The molecule has 0 radical (unpaired) electrons. The molecule has 0 unspecified atom stereocenters. The van der Waals surface area contributed by atoms with Crippen LogP contribution >= 0.6 is 0 Å². The van der Waals surface area contributed by atoms with Crippen LogP contribution in [0.3, 0.4) is 0 Å². The van der Waals surface area contributed by atoms with Gasteiger partial charge in [-0.2, -0.15) is 0 Å². The van der Waals surface area contributed by atoms with Gasteiger partial charge in [-0.15, -0.1) is 0 Å². The Kier molecular flexibility index (Phi) is 6.05. The van der Waals surface area contributed by atoms with E-state index in [0.717, 1.165) is 18.5 Å². The summed E-state index contributed by atoms with van der Waals surface area (Å²) in [5, 5.41) is 12.9. The van der Waals surface area contributed by atoms with Gasteiger partial charge in [0, 0.05) is 24.3 Å². The van der Waals surface area contributed by atoms with Crippen LogP contribution in [-0.4, -0.2) is 36.5 Å². The van der Waals surface area contributed by atoms with E-state index in [2.05, 4.69) is 24.1 Å². The molecule has 108 valence electrons. The van der Waals surface area contributed by atoms with Gasteiger partial charge in [-0.3, -0.25) is 4.98 Å². The molecule has 1 rings (SSSR count). The van der Waals surface area contributed by atoms with E-state index in [9.17, 15) is 5.11 Å². The third kappa shape index (κ3) is 3.58. The lowest BCUT2D eigenvalue weighted by atomic mass is 9.94. The van der Waals surface area contributed by atoms with E-state index in [1.165, 1.54) is 0 Å². The Labute approximate surface area is 115 Å². The first-order valence-electron chi connectivity index (χ1n) is 6.58. The highest BCUT2D eigenvalue weighted by Crippen LogP contribution is 2.29. The summed E-state index contributed by atoms with van der Waals surface area (Å²) in [6.45, 7) is 4.75. The standard InChI is InChI=1S/C14H24N2O3/c1-5-14(6-2,10-17)16-9-11-13(19-4)12(18-3)7-8-15-11/h7-8,16-17H,5-6,9-10H2,1-4H3. The largest absolute Gasteiger partial charge is 0.493 e. The number of ether oxygens (including phenoxy) is 2. The van der Waals surface area contributed by atoms with Crippen LogP contribution < -0.4 is 14.8 Å². The molecule has 0 saturated heterocycles. The molecule has 0 aliphatic carbocycles. The molecule has 2 N–H and O–H groups in total. The first kappa shape index (κ1) is 15.7. The van der Waals surface area contributed by atoms with Gasteiger partial charge in [0.2, 0.25) is 0 Å². The average Bonchev–Trinajstić information content (AvgIpc) is 2.48. The normalized spacial score (nSPS) is 11.4. The van der Waals surface area contributed by atoms with Crippen molar-refractivity contribution in [1.82, 2.24) is 10.3 Å². The van der Waals surface area contributed by atoms with Gasteiger partial charge in [0.05, 0.1) is 26.5 Å². The molecular weight excluding hydrogens is 244 g/mol. The van der Waals surface area contributed by atoms with Gasteiger partial charge in [-0.1, -0.05) is 13.8 Å². The molecule has 0 atom stereocenters. The lowest BCUT2D eigenvalue weighted by molar-refractivity contribution is 0.148. The van der Waals surface area contributed by atoms with Crippen LogP contribution in [0.5, 0.6) is 11.5 Å². The predicted octanol–water partition coefficient (Wildman–Crippen LogP) is 1.74. The van der Waals surface area contributed by atoms with E-state index in [1.807, 2.05) is 0 Å². The quantitative estimate of drug-likeness (QED) is 0.752. The topological polar surface area (TPSA) is 63.6 Å². The summed E-state index contributed by atoms with van der Waals surface area (Å²) in [6.07, 6.45) is 3.40. The zero-order valence-corrected chi connectivity index (χ0v) is 12.2. The van der Waals surface area contributed by atoms with Gasteiger partial charge >= 0.3 is 0 Å². The van der Waals surface area contributed by atoms with Crippen LogP contribution in [0.2, 0.25) is 0 Å². The number of hydrogen-bond acceptors (Lipinski definition) is 5. The zero-order chi connectivity index (χ0) is 14.3. The molecule has 19 heavy (non-hydrogen) atoms. The lowest BCUT2D eigenvalue weighted by Crippen LogP contribution is -2.47. The van der Waals surface area contributed by atoms with Crippen LogP contribution in [0.15, 0.2) is 12.3 Å². The molecule has 0 aromatic carbocycles. The summed E-state index contributed by atoms with van der Waals surface area (Å²) >= 11 is 0. The first-order valence-corrected chi connectivity index (χ1v) is 6.58. The van der Waals surface area contributed by atoms with Crippen molar-refractivity contribution >= 4 is 0 Å². The monoisotopic (exact) mass is 268 g/mol. The van der Waals surface area contributed by atoms with E-state index >= 15 is 0 Å². The fraction of sp³-hybridized carbons (Fsp3) is 0.643. The SMILES string of the molecule is CCC(CC)(CO)NCc1nccc(OC)c1OC. The zero-order valence-electron chi connectivity index (χ0n) is 12.2. The fourth-order valence-corrected chi connectivity index (χ4v) is 2.03. The van der Waals surface area contributed by atoms with Gasteiger partial charge in [-0.25, -0.2) is 0 Å². The van der Waals surface area contributed by atoms with Gasteiger partial charge in [0.25, 0.3) is 0 Å². The molecule has 1 aromatic heterocycles. The summed E-state index contributed by atoms with van der Waals surface area (Å²) in [6, 6.07) is 1.77. The number of aliphatic hydroxyl groups excluding tert-OH is 1. The van der Waals surface area contributed by atoms with E-state index < -0.39 is 0 Å². The highest BCUT2D eigenvalue weighted by atomic mass is 16.5. The number of pyridine rings is 1. The number of aromatic nitrogens is 1. The van der Waals surface area contributed by atoms with Crippen molar-refractivity contribution in [3.05, 3.63) is 18.0 Å². The Balaban J connectivity index is 2.88. The summed E-state index contributed by atoms with van der Waals surface area (Å²) in [7, 11) is 3.20. The van der Waals surface area contributed by atoms with Gasteiger partial charge < -0.3 is 19.9 Å². The molecule has 0 spiro atoms. The summed E-state index contributed by atoms with van der Waals surface area (Å²) in [5.41, 5.74) is 0.511. The summed E-state index contributed by atoms with van der Waals surface area (Å²) < 4.78 is 10.6. The van der Waals surface area contributed by atoms with Crippen LogP contribution in [0, 0.1) is 0 Å². The minimum atomic E-state index is -0.268. The maximum absolute atomic E-state index is 9.54. The van der Waals surface area contributed by atoms with E-state index in [0.29, 0.717) is 18.0 Å². The molecule has 0 fully saturated rings. The Morgan fingerprint density at radius 1 is 1.26 bits per heavy atom. The van der Waals surface area contributed by atoms with Crippen molar-refractivity contribution in [3.63, 3.8) is 0 Å². The maximum atomic E-state index is 9.54. The first-order chi connectivity index (χ1) is 9.16. The second-order valence-electron chi connectivity index (χ2n) is 4.49. The van der Waals surface area contributed by atoms with E-state index in [1.54, 1.807) is 26.5 Å². The molecule has 0 saturated carbocycles. The van der Waals surface area contributed by atoms with Crippen molar-refractivity contribution in [1.29, 1.82) is 0 Å². The van der Waals surface area contributed by atoms with Crippen molar-refractivity contribution in [2.24, 2.45) is 0 Å². The van der Waals surface area contributed by atoms with Gasteiger partial charge in [0.15, 0.2) is 11.5 Å². The molecular formula is C14H24N2O3. The number of hydrogen-bond donors (Lipinski definition) is 2. The van der Waals surface area contributed by atoms with E-state index in [-0.39, 0.29) is 12.1 Å².